The second-order valence-electron chi connectivity index (χ2n) is 3.13. The Morgan fingerprint density at radius 3 is 2.81 bits per heavy atom. The van der Waals surface area contributed by atoms with E-state index in [1.807, 2.05) is 25.1 Å². The lowest BCUT2D eigenvalue weighted by molar-refractivity contribution is 0.134. The predicted octanol–water partition coefficient (Wildman–Crippen LogP) is 1.58. The highest BCUT2D eigenvalue weighted by atomic mass is 16.5. The van der Waals surface area contributed by atoms with E-state index < -0.39 is 0 Å². The maximum atomic E-state index is 8.66. The molecule has 0 amide bonds. The number of ether oxygens (including phenoxy) is 2. The lowest BCUT2D eigenvalue weighted by Crippen LogP contribution is -1.94. The molecule has 0 saturated carbocycles. The van der Waals surface area contributed by atoms with E-state index in [1.54, 1.807) is 7.11 Å². The molecule has 0 heterocycles. The lowest BCUT2D eigenvalue weighted by atomic mass is 10.1. The van der Waals surface area contributed by atoms with Gasteiger partial charge in [-0.15, -0.1) is 0 Å². The van der Waals surface area contributed by atoms with Crippen LogP contribution < -0.4 is 4.74 Å². The Morgan fingerprint density at radius 2 is 2.19 bits per heavy atom. The Morgan fingerprint density at radius 1 is 1.38 bits per heavy atom. The van der Waals surface area contributed by atoms with Gasteiger partial charge in [0.15, 0.2) is 0 Å². The van der Waals surface area contributed by atoms with E-state index in [4.69, 9.17) is 14.6 Å². The van der Waals surface area contributed by atoms with Crippen LogP contribution in [0.2, 0.25) is 0 Å². The average molecular weight is 220 g/mol. The van der Waals surface area contributed by atoms with Crippen LogP contribution in [0.3, 0.4) is 0 Å². The van der Waals surface area contributed by atoms with Crippen LogP contribution in [0, 0.1) is 11.8 Å². The zero-order chi connectivity index (χ0) is 11.8. The molecule has 0 unspecified atom stereocenters. The number of aliphatic hydroxyl groups is 1. The van der Waals surface area contributed by atoms with Crippen molar-refractivity contribution in [2.45, 2.75) is 13.5 Å². The minimum Gasteiger partial charge on any atom is -0.495 e. The molecule has 0 spiro atoms. The van der Waals surface area contributed by atoms with Crippen molar-refractivity contribution in [2.24, 2.45) is 0 Å². The molecule has 3 heteroatoms. The molecule has 0 bridgehead atoms. The Labute approximate surface area is 96.0 Å². The van der Waals surface area contributed by atoms with Crippen molar-refractivity contribution in [3.8, 4) is 17.6 Å². The summed E-state index contributed by atoms with van der Waals surface area (Å²) < 4.78 is 10.5. The predicted molar refractivity (Wildman–Crippen MR) is 62.3 cm³/mol. The Bertz CT molecular complexity index is 388. The Hall–Kier alpha value is -1.50. The van der Waals surface area contributed by atoms with Gasteiger partial charge in [0, 0.05) is 6.61 Å². The number of benzene rings is 1. The molecule has 1 aromatic rings. The minimum atomic E-state index is -0.154. The summed E-state index contributed by atoms with van der Waals surface area (Å²) in [5.74, 6) is 6.17. The molecule has 0 aliphatic heterocycles. The summed E-state index contributed by atoms with van der Waals surface area (Å²) in [5, 5.41) is 8.66. The highest BCUT2D eigenvalue weighted by Gasteiger charge is 2.01. The number of hydrogen-bond acceptors (Lipinski definition) is 3. The summed E-state index contributed by atoms with van der Waals surface area (Å²) in [5.41, 5.74) is 1.82. The van der Waals surface area contributed by atoms with Gasteiger partial charge in [-0.1, -0.05) is 17.9 Å². The maximum Gasteiger partial charge on any atom is 0.134 e. The summed E-state index contributed by atoms with van der Waals surface area (Å²) in [6.07, 6.45) is 0. The van der Waals surface area contributed by atoms with E-state index in [0.29, 0.717) is 19.0 Å². The fourth-order valence-corrected chi connectivity index (χ4v) is 1.30. The first-order valence-electron chi connectivity index (χ1n) is 5.16. The molecule has 0 aromatic heterocycles. The highest BCUT2D eigenvalue weighted by molar-refractivity contribution is 5.48. The van der Waals surface area contributed by atoms with Crippen molar-refractivity contribution < 1.29 is 14.6 Å². The second-order valence-corrected chi connectivity index (χ2v) is 3.13. The van der Waals surface area contributed by atoms with Crippen LogP contribution >= 0.6 is 0 Å². The van der Waals surface area contributed by atoms with E-state index in [9.17, 15) is 0 Å². The molecule has 1 N–H and O–H groups in total. The van der Waals surface area contributed by atoms with Gasteiger partial charge in [0.2, 0.25) is 0 Å². The van der Waals surface area contributed by atoms with Crippen LogP contribution in [0.15, 0.2) is 18.2 Å². The van der Waals surface area contributed by atoms with Crippen LogP contribution in [0.1, 0.15) is 18.1 Å². The first-order chi connectivity index (χ1) is 7.81. The molecular formula is C13H16O3. The fourth-order valence-electron chi connectivity index (χ4n) is 1.30. The van der Waals surface area contributed by atoms with Crippen molar-refractivity contribution in [3.63, 3.8) is 0 Å². The Kier molecular flexibility index (Phi) is 5.41. The molecule has 86 valence electrons. The van der Waals surface area contributed by atoms with E-state index in [0.717, 1.165) is 11.1 Å². The van der Waals surface area contributed by atoms with Crippen molar-refractivity contribution >= 4 is 0 Å². The maximum absolute atomic E-state index is 8.66. The normalized spacial score (nSPS) is 9.44. The second kappa shape index (κ2) is 6.89. The number of rotatable bonds is 4. The lowest BCUT2D eigenvalue weighted by Gasteiger charge is -2.06. The van der Waals surface area contributed by atoms with Gasteiger partial charge in [-0.25, -0.2) is 0 Å². The van der Waals surface area contributed by atoms with E-state index in [2.05, 4.69) is 11.8 Å². The summed E-state index contributed by atoms with van der Waals surface area (Å²) in [6.45, 7) is 3.05. The zero-order valence-corrected chi connectivity index (χ0v) is 9.62. The molecular weight excluding hydrogens is 204 g/mol. The minimum absolute atomic E-state index is 0.154. The van der Waals surface area contributed by atoms with Crippen LogP contribution in [0.5, 0.6) is 5.75 Å². The summed E-state index contributed by atoms with van der Waals surface area (Å²) in [4.78, 5) is 0. The van der Waals surface area contributed by atoms with Crippen LogP contribution in [-0.2, 0) is 11.3 Å². The molecule has 0 aliphatic carbocycles. The molecule has 16 heavy (non-hydrogen) atoms. The molecule has 3 nitrogen and oxygen atoms in total. The van der Waals surface area contributed by atoms with Gasteiger partial charge in [0.05, 0.1) is 19.3 Å². The van der Waals surface area contributed by atoms with Gasteiger partial charge in [-0.2, -0.15) is 0 Å². The number of methoxy groups -OCH3 is 1. The number of hydrogen-bond donors (Lipinski definition) is 1. The zero-order valence-electron chi connectivity index (χ0n) is 9.62. The molecule has 1 aromatic carbocycles. The monoisotopic (exact) mass is 220 g/mol. The summed E-state index contributed by atoms with van der Waals surface area (Å²) >= 11 is 0. The van der Waals surface area contributed by atoms with Gasteiger partial charge < -0.3 is 14.6 Å². The van der Waals surface area contributed by atoms with Gasteiger partial charge in [0.25, 0.3) is 0 Å². The molecule has 0 radical (unpaired) electrons. The summed E-state index contributed by atoms with van der Waals surface area (Å²) in [6, 6.07) is 5.71. The van der Waals surface area contributed by atoms with Crippen molar-refractivity contribution in [2.75, 3.05) is 20.3 Å². The smallest absolute Gasteiger partial charge is 0.134 e. The molecule has 1 rings (SSSR count). The van der Waals surface area contributed by atoms with Gasteiger partial charge in [-0.3, -0.25) is 0 Å². The van der Waals surface area contributed by atoms with E-state index in [1.165, 1.54) is 0 Å². The number of aliphatic hydroxyl groups excluding tert-OH is 1. The van der Waals surface area contributed by atoms with E-state index >= 15 is 0 Å². The third-order valence-corrected chi connectivity index (χ3v) is 2.04. The van der Waals surface area contributed by atoms with E-state index in [-0.39, 0.29) is 6.61 Å². The van der Waals surface area contributed by atoms with Crippen LogP contribution in [-0.4, -0.2) is 25.4 Å². The van der Waals surface area contributed by atoms with Crippen molar-refractivity contribution in [1.29, 1.82) is 0 Å². The SMILES string of the molecule is CCOCc1ccc(OC)c(C#CCO)c1. The molecule has 0 atom stereocenters. The topological polar surface area (TPSA) is 38.7 Å². The molecule has 0 aliphatic rings. The van der Waals surface area contributed by atoms with Gasteiger partial charge in [0.1, 0.15) is 12.4 Å². The van der Waals surface area contributed by atoms with Crippen molar-refractivity contribution in [1.82, 2.24) is 0 Å². The molecule has 0 saturated heterocycles. The molecule has 0 fully saturated rings. The third kappa shape index (κ3) is 3.58. The first-order valence-corrected chi connectivity index (χ1v) is 5.16. The van der Waals surface area contributed by atoms with Crippen molar-refractivity contribution in [3.05, 3.63) is 29.3 Å². The quantitative estimate of drug-likeness (QED) is 0.783. The first kappa shape index (κ1) is 12.6. The van der Waals surface area contributed by atoms with Gasteiger partial charge >= 0.3 is 0 Å². The van der Waals surface area contributed by atoms with Crippen LogP contribution in [0.4, 0.5) is 0 Å². The Balaban J connectivity index is 2.92. The third-order valence-electron chi connectivity index (χ3n) is 2.04. The van der Waals surface area contributed by atoms with Gasteiger partial charge in [-0.05, 0) is 24.6 Å². The van der Waals surface area contributed by atoms with Crippen LogP contribution in [0.25, 0.3) is 0 Å². The average Bonchev–Trinajstić information content (AvgIpc) is 2.33. The largest absolute Gasteiger partial charge is 0.495 e. The standard InChI is InChI=1S/C13H16O3/c1-3-16-10-11-6-7-13(15-2)12(9-11)5-4-8-14/h6-7,9,14H,3,8,10H2,1-2H3. The summed E-state index contributed by atoms with van der Waals surface area (Å²) in [7, 11) is 1.60. The highest BCUT2D eigenvalue weighted by Crippen LogP contribution is 2.19. The fraction of sp³-hybridized carbons (Fsp3) is 0.385.